The molecule has 1 saturated heterocycles. The van der Waals surface area contributed by atoms with Crippen molar-refractivity contribution in [3.8, 4) is 0 Å². The Hall–Kier alpha value is -0.620. The van der Waals surface area contributed by atoms with E-state index in [1.165, 1.54) is 29.8 Å². The molecular weight excluding hydrogens is 276 g/mol. The minimum Gasteiger partial charge on any atom is -0.353 e. The highest BCUT2D eigenvalue weighted by Gasteiger charge is 2.41. The first kappa shape index (κ1) is 14.3. The molecule has 0 radical (unpaired) electrons. The molecule has 20 heavy (non-hydrogen) atoms. The Balaban J connectivity index is 1.57. The highest BCUT2D eigenvalue weighted by molar-refractivity contribution is 7.88. The van der Waals surface area contributed by atoms with Gasteiger partial charge in [0, 0.05) is 19.1 Å². The van der Waals surface area contributed by atoms with Crippen molar-refractivity contribution in [3.05, 3.63) is 0 Å². The van der Waals surface area contributed by atoms with Gasteiger partial charge in [0.2, 0.25) is 15.9 Å². The molecule has 114 valence electrons. The number of nitrogens with zero attached hydrogens (tertiary/aromatic N) is 1. The molecule has 0 aromatic carbocycles. The van der Waals surface area contributed by atoms with E-state index in [0.717, 1.165) is 25.2 Å². The zero-order chi connectivity index (χ0) is 14.3. The van der Waals surface area contributed by atoms with Crippen molar-refractivity contribution >= 4 is 15.9 Å². The fourth-order valence-corrected chi connectivity index (χ4v) is 5.09. The first-order valence-corrected chi connectivity index (χ1v) is 9.54. The lowest BCUT2D eigenvalue weighted by atomic mass is 9.93. The number of rotatable bonds is 3. The number of hydrogen-bond acceptors (Lipinski definition) is 3. The van der Waals surface area contributed by atoms with Gasteiger partial charge in [0.1, 0.15) is 0 Å². The second-order valence-electron chi connectivity index (χ2n) is 6.75. The van der Waals surface area contributed by atoms with Crippen LogP contribution in [0.15, 0.2) is 0 Å². The number of carbonyl (C=O) groups is 1. The first-order valence-electron chi connectivity index (χ1n) is 7.69. The van der Waals surface area contributed by atoms with Crippen LogP contribution in [-0.2, 0) is 14.8 Å². The molecule has 6 heteroatoms. The van der Waals surface area contributed by atoms with Crippen LogP contribution >= 0.6 is 0 Å². The van der Waals surface area contributed by atoms with Crippen molar-refractivity contribution in [1.82, 2.24) is 9.62 Å². The molecule has 1 heterocycles. The van der Waals surface area contributed by atoms with E-state index in [1.54, 1.807) is 0 Å². The average Bonchev–Trinajstić information content (AvgIpc) is 3.00. The molecule has 3 fully saturated rings. The topological polar surface area (TPSA) is 66.5 Å². The fourth-order valence-electron chi connectivity index (χ4n) is 4.18. The number of amides is 1. The Morgan fingerprint density at radius 1 is 1.20 bits per heavy atom. The minimum atomic E-state index is -3.17. The zero-order valence-electron chi connectivity index (χ0n) is 12.0. The summed E-state index contributed by atoms with van der Waals surface area (Å²) in [5.41, 5.74) is 0. The van der Waals surface area contributed by atoms with Gasteiger partial charge < -0.3 is 5.32 Å². The maximum atomic E-state index is 12.4. The van der Waals surface area contributed by atoms with Crippen LogP contribution in [-0.4, -0.2) is 44.0 Å². The summed E-state index contributed by atoms with van der Waals surface area (Å²) >= 11 is 0. The third kappa shape index (κ3) is 2.86. The Morgan fingerprint density at radius 3 is 2.60 bits per heavy atom. The number of carbonyl (C=O) groups excluding carboxylic acids is 1. The molecular formula is C14H24N2O3S. The van der Waals surface area contributed by atoms with Crippen LogP contribution < -0.4 is 5.32 Å². The molecule has 5 nitrogen and oxygen atoms in total. The third-order valence-corrected chi connectivity index (χ3v) is 6.56. The Labute approximate surface area is 121 Å². The van der Waals surface area contributed by atoms with Gasteiger partial charge in [-0.05, 0) is 43.9 Å². The molecule has 1 amide bonds. The molecule has 1 aliphatic heterocycles. The smallest absolute Gasteiger partial charge is 0.224 e. The average molecular weight is 300 g/mol. The number of sulfonamides is 1. The molecule has 2 bridgehead atoms. The van der Waals surface area contributed by atoms with Gasteiger partial charge in [-0.15, -0.1) is 0 Å². The van der Waals surface area contributed by atoms with Gasteiger partial charge in [0.15, 0.2) is 0 Å². The lowest BCUT2D eigenvalue weighted by molar-refractivity contribution is -0.127. The summed E-state index contributed by atoms with van der Waals surface area (Å²) in [6.07, 6.45) is 7.77. The summed E-state index contributed by atoms with van der Waals surface area (Å²) < 4.78 is 24.6. The maximum Gasteiger partial charge on any atom is 0.224 e. The van der Waals surface area contributed by atoms with Gasteiger partial charge in [-0.25, -0.2) is 12.7 Å². The molecule has 0 aromatic rings. The van der Waals surface area contributed by atoms with Crippen molar-refractivity contribution in [2.75, 3.05) is 19.3 Å². The molecule has 0 aromatic heterocycles. The first-order chi connectivity index (χ1) is 9.43. The van der Waals surface area contributed by atoms with E-state index in [2.05, 4.69) is 5.32 Å². The van der Waals surface area contributed by atoms with Crippen LogP contribution in [0.2, 0.25) is 0 Å². The van der Waals surface area contributed by atoms with Gasteiger partial charge in [-0.3, -0.25) is 4.79 Å². The monoisotopic (exact) mass is 300 g/mol. The molecule has 0 spiro atoms. The number of piperidine rings is 1. The van der Waals surface area contributed by atoms with Crippen molar-refractivity contribution in [2.24, 2.45) is 17.8 Å². The lowest BCUT2D eigenvalue weighted by Gasteiger charge is -2.32. The van der Waals surface area contributed by atoms with E-state index in [1.807, 2.05) is 0 Å². The molecule has 2 saturated carbocycles. The van der Waals surface area contributed by atoms with E-state index in [0.29, 0.717) is 25.0 Å². The van der Waals surface area contributed by atoms with E-state index in [9.17, 15) is 13.2 Å². The highest BCUT2D eigenvalue weighted by Crippen LogP contribution is 2.44. The van der Waals surface area contributed by atoms with Crippen molar-refractivity contribution in [2.45, 2.75) is 44.6 Å². The zero-order valence-corrected chi connectivity index (χ0v) is 12.9. The van der Waals surface area contributed by atoms with Gasteiger partial charge >= 0.3 is 0 Å². The van der Waals surface area contributed by atoms with Crippen LogP contribution in [0.5, 0.6) is 0 Å². The summed E-state index contributed by atoms with van der Waals surface area (Å²) in [7, 11) is -3.17. The van der Waals surface area contributed by atoms with Crippen molar-refractivity contribution in [3.63, 3.8) is 0 Å². The standard InChI is InChI=1S/C14H24N2O3S/c1-20(18,19)16-6-2-3-12(9-16)14(17)15-13-8-10-4-5-11(13)7-10/h10-13H,2-9H2,1H3,(H,15,17)/t10-,11-,12-,13-/m1/s1. The molecule has 4 atom stereocenters. The Morgan fingerprint density at radius 2 is 2.00 bits per heavy atom. The summed E-state index contributed by atoms with van der Waals surface area (Å²) in [6, 6.07) is 0.342. The summed E-state index contributed by atoms with van der Waals surface area (Å²) in [5, 5.41) is 3.19. The molecule has 2 aliphatic carbocycles. The van der Waals surface area contributed by atoms with E-state index < -0.39 is 10.0 Å². The predicted octanol–water partition coefficient (Wildman–Crippen LogP) is 0.963. The van der Waals surface area contributed by atoms with Crippen LogP contribution in [0.25, 0.3) is 0 Å². The van der Waals surface area contributed by atoms with Crippen LogP contribution in [0, 0.1) is 17.8 Å². The second kappa shape index (κ2) is 5.30. The second-order valence-corrected chi connectivity index (χ2v) is 8.73. The minimum absolute atomic E-state index is 0.0656. The predicted molar refractivity (Wildman–Crippen MR) is 76.5 cm³/mol. The quantitative estimate of drug-likeness (QED) is 0.844. The molecule has 0 unspecified atom stereocenters. The van der Waals surface area contributed by atoms with Crippen LogP contribution in [0.1, 0.15) is 38.5 Å². The van der Waals surface area contributed by atoms with Gasteiger partial charge in [-0.1, -0.05) is 6.42 Å². The molecule has 3 rings (SSSR count). The number of fused-ring (bicyclic) bond motifs is 2. The SMILES string of the molecule is CS(=O)(=O)N1CCC[C@@H](C(=O)N[C@@H]2C[C@@H]3CC[C@@H]2C3)C1. The molecule has 1 N–H and O–H groups in total. The highest BCUT2D eigenvalue weighted by atomic mass is 32.2. The third-order valence-electron chi connectivity index (χ3n) is 5.29. The van der Waals surface area contributed by atoms with E-state index in [-0.39, 0.29) is 11.8 Å². The van der Waals surface area contributed by atoms with E-state index >= 15 is 0 Å². The maximum absolute atomic E-state index is 12.4. The lowest BCUT2D eigenvalue weighted by Crippen LogP contribution is -2.48. The normalized spacial score (nSPS) is 38.0. The summed E-state index contributed by atoms with van der Waals surface area (Å²) in [6.45, 7) is 0.905. The summed E-state index contributed by atoms with van der Waals surface area (Å²) in [4.78, 5) is 12.4. The van der Waals surface area contributed by atoms with Crippen molar-refractivity contribution in [1.29, 1.82) is 0 Å². The van der Waals surface area contributed by atoms with Crippen LogP contribution in [0.4, 0.5) is 0 Å². The number of hydrogen-bond donors (Lipinski definition) is 1. The van der Waals surface area contributed by atoms with E-state index in [4.69, 9.17) is 0 Å². The molecule has 3 aliphatic rings. The Kier molecular flexibility index (Phi) is 3.79. The number of nitrogens with one attached hydrogen (secondary N) is 1. The van der Waals surface area contributed by atoms with Gasteiger partial charge in [-0.2, -0.15) is 0 Å². The van der Waals surface area contributed by atoms with Crippen molar-refractivity contribution < 1.29 is 13.2 Å². The van der Waals surface area contributed by atoms with Crippen LogP contribution in [0.3, 0.4) is 0 Å². The largest absolute Gasteiger partial charge is 0.353 e. The van der Waals surface area contributed by atoms with Gasteiger partial charge in [0.05, 0.1) is 12.2 Å². The van der Waals surface area contributed by atoms with Gasteiger partial charge in [0.25, 0.3) is 0 Å². The fraction of sp³-hybridized carbons (Fsp3) is 0.929. The summed E-state index contributed by atoms with van der Waals surface area (Å²) in [5.74, 6) is 1.37. The Bertz CT molecular complexity index is 491.